The molecule has 1 N–H and O–H groups in total. The maximum atomic E-state index is 12.5. The molecule has 0 aliphatic carbocycles. The zero-order valence-electron chi connectivity index (χ0n) is 14.4. The Morgan fingerprint density at radius 1 is 1.04 bits per heavy atom. The van der Waals surface area contributed by atoms with E-state index in [0.717, 1.165) is 33.7 Å². The van der Waals surface area contributed by atoms with Crippen molar-refractivity contribution in [2.75, 3.05) is 11.9 Å². The van der Waals surface area contributed by atoms with Gasteiger partial charge in [-0.2, -0.15) is 0 Å². The van der Waals surface area contributed by atoms with Crippen molar-refractivity contribution in [1.29, 1.82) is 0 Å². The zero-order chi connectivity index (χ0) is 17.9. The number of para-hydroxylation sites is 1. The van der Waals surface area contributed by atoms with Crippen molar-refractivity contribution in [2.45, 2.75) is 6.92 Å². The maximum Gasteiger partial charge on any atom is 0.256 e. The van der Waals surface area contributed by atoms with Gasteiger partial charge in [0.15, 0.2) is 0 Å². The lowest BCUT2D eigenvalue weighted by molar-refractivity contribution is -0.110. The lowest BCUT2D eigenvalue weighted by Gasteiger charge is -2.07. The Labute approximate surface area is 152 Å². The van der Waals surface area contributed by atoms with E-state index < -0.39 is 0 Å². The van der Waals surface area contributed by atoms with Crippen LogP contribution in [0.1, 0.15) is 18.1 Å². The van der Waals surface area contributed by atoms with Crippen LogP contribution >= 0.6 is 0 Å². The minimum atomic E-state index is -0.0989. The van der Waals surface area contributed by atoms with E-state index in [4.69, 9.17) is 4.74 Å². The quantitative estimate of drug-likeness (QED) is 0.703. The normalized spacial score (nSPS) is 14.2. The highest BCUT2D eigenvalue weighted by molar-refractivity contribution is 6.35. The molecule has 0 unspecified atom stereocenters. The molecule has 0 bridgehead atoms. The van der Waals surface area contributed by atoms with Crippen LogP contribution < -0.4 is 10.1 Å². The van der Waals surface area contributed by atoms with Crippen molar-refractivity contribution in [3.05, 3.63) is 78.1 Å². The highest BCUT2D eigenvalue weighted by atomic mass is 16.5. The molecule has 0 saturated carbocycles. The number of rotatable bonds is 4. The lowest BCUT2D eigenvalue weighted by Crippen LogP contribution is -2.03. The largest absolute Gasteiger partial charge is 0.493 e. The van der Waals surface area contributed by atoms with Crippen LogP contribution in [0.2, 0.25) is 0 Å². The topological polar surface area (TPSA) is 51.2 Å². The minimum Gasteiger partial charge on any atom is -0.493 e. The molecule has 3 aromatic rings. The molecule has 4 heteroatoms. The van der Waals surface area contributed by atoms with E-state index in [0.29, 0.717) is 12.2 Å². The van der Waals surface area contributed by atoms with E-state index in [1.807, 2.05) is 67.6 Å². The van der Waals surface area contributed by atoms with Crippen molar-refractivity contribution in [2.24, 2.45) is 0 Å². The van der Waals surface area contributed by atoms with Crippen LogP contribution in [0.5, 0.6) is 5.75 Å². The van der Waals surface area contributed by atoms with E-state index >= 15 is 0 Å². The summed E-state index contributed by atoms with van der Waals surface area (Å²) in [4.78, 5) is 16.6. The number of aromatic nitrogens is 1. The summed E-state index contributed by atoms with van der Waals surface area (Å²) in [5.74, 6) is 0.676. The predicted octanol–water partition coefficient (Wildman–Crippen LogP) is 4.64. The second kappa shape index (κ2) is 6.84. The predicted molar refractivity (Wildman–Crippen MR) is 104 cm³/mol. The number of carbonyl (C=O) groups is 1. The zero-order valence-corrected chi connectivity index (χ0v) is 14.4. The van der Waals surface area contributed by atoms with Crippen LogP contribution in [0.4, 0.5) is 5.69 Å². The fourth-order valence-corrected chi connectivity index (χ4v) is 3.10. The van der Waals surface area contributed by atoms with Gasteiger partial charge in [-0.25, -0.2) is 0 Å². The average molecular weight is 342 g/mol. The van der Waals surface area contributed by atoms with E-state index in [2.05, 4.69) is 10.3 Å². The fourth-order valence-electron chi connectivity index (χ4n) is 3.10. The summed E-state index contributed by atoms with van der Waals surface area (Å²) >= 11 is 0. The minimum absolute atomic E-state index is 0.0989. The Kier molecular flexibility index (Phi) is 4.23. The first kappa shape index (κ1) is 16.1. The third kappa shape index (κ3) is 2.97. The van der Waals surface area contributed by atoms with Gasteiger partial charge >= 0.3 is 0 Å². The van der Waals surface area contributed by atoms with Gasteiger partial charge in [0.1, 0.15) is 5.75 Å². The molecular formula is C22H18N2O2. The summed E-state index contributed by atoms with van der Waals surface area (Å²) in [6.07, 6.45) is 5.41. The molecule has 0 radical (unpaired) electrons. The number of hydrogen-bond acceptors (Lipinski definition) is 3. The third-order valence-corrected chi connectivity index (χ3v) is 4.33. The Balaban J connectivity index is 1.75. The summed E-state index contributed by atoms with van der Waals surface area (Å²) in [6.45, 7) is 2.53. The van der Waals surface area contributed by atoms with E-state index in [-0.39, 0.29) is 5.91 Å². The Morgan fingerprint density at radius 3 is 2.65 bits per heavy atom. The molecule has 2 heterocycles. The summed E-state index contributed by atoms with van der Waals surface area (Å²) < 4.78 is 5.67. The average Bonchev–Trinajstić information content (AvgIpc) is 2.99. The van der Waals surface area contributed by atoms with Crippen LogP contribution in [0.3, 0.4) is 0 Å². The van der Waals surface area contributed by atoms with Gasteiger partial charge in [0, 0.05) is 34.8 Å². The van der Waals surface area contributed by atoms with Gasteiger partial charge in [0.05, 0.1) is 6.61 Å². The monoisotopic (exact) mass is 342 g/mol. The van der Waals surface area contributed by atoms with E-state index in [1.54, 1.807) is 12.4 Å². The number of amides is 1. The maximum absolute atomic E-state index is 12.5. The number of nitrogens with zero attached hydrogens (tertiary/aromatic N) is 1. The molecule has 0 spiro atoms. The van der Waals surface area contributed by atoms with Crippen LogP contribution in [0, 0.1) is 0 Å². The van der Waals surface area contributed by atoms with Crippen LogP contribution in [-0.2, 0) is 4.79 Å². The molecule has 0 saturated heterocycles. The molecule has 0 fully saturated rings. The molecule has 1 aromatic heterocycles. The third-order valence-electron chi connectivity index (χ3n) is 4.33. The molecule has 128 valence electrons. The van der Waals surface area contributed by atoms with Crippen molar-refractivity contribution >= 4 is 23.2 Å². The summed E-state index contributed by atoms with van der Waals surface area (Å²) in [5, 5.41) is 2.97. The highest BCUT2D eigenvalue weighted by Gasteiger charge is 2.24. The second-order valence-corrected chi connectivity index (χ2v) is 5.98. The number of ether oxygens (including phenoxy) is 1. The molecular weight excluding hydrogens is 324 g/mol. The lowest BCUT2D eigenvalue weighted by atomic mass is 9.99. The number of carbonyl (C=O) groups excluding carboxylic acids is 1. The van der Waals surface area contributed by atoms with Gasteiger partial charge < -0.3 is 10.1 Å². The summed E-state index contributed by atoms with van der Waals surface area (Å²) in [6, 6.07) is 17.6. The SMILES string of the molecule is CCOc1ccccc1C=C1C(=O)Nc2cc(-c3ccncc3)ccc21. The highest BCUT2D eigenvalue weighted by Crippen LogP contribution is 2.37. The first-order valence-corrected chi connectivity index (χ1v) is 8.56. The molecule has 2 aromatic carbocycles. The van der Waals surface area contributed by atoms with E-state index in [1.165, 1.54) is 0 Å². The summed E-state index contributed by atoms with van der Waals surface area (Å²) in [5.41, 5.74) is 5.38. The second-order valence-electron chi connectivity index (χ2n) is 5.98. The standard InChI is InChI=1S/C22H18N2O2/c1-2-26-21-6-4-3-5-17(21)13-19-18-8-7-16(14-20(18)24-22(19)25)15-9-11-23-12-10-15/h3-14H,2H2,1H3,(H,24,25). The number of benzene rings is 2. The van der Waals surface area contributed by atoms with Crippen LogP contribution in [0.25, 0.3) is 22.8 Å². The molecule has 1 aliphatic heterocycles. The molecule has 1 aliphatic rings. The van der Waals surface area contributed by atoms with Gasteiger partial charge in [-0.15, -0.1) is 0 Å². The Hall–Kier alpha value is -3.40. The number of nitrogens with one attached hydrogen (secondary N) is 1. The number of anilines is 1. The number of pyridine rings is 1. The van der Waals surface area contributed by atoms with Crippen molar-refractivity contribution in [3.63, 3.8) is 0 Å². The van der Waals surface area contributed by atoms with Crippen LogP contribution in [0.15, 0.2) is 67.0 Å². The van der Waals surface area contributed by atoms with Gasteiger partial charge in [0.2, 0.25) is 0 Å². The van der Waals surface area contributed by atoms with Crippen LogP contribution in [-0.4, -0.2) is 17.5 Å². The van der Waals surface area contributed by atoms with E-state index in [9.17, 15) is 4.79 Å². The smallest absolute Gasteiger partial charge is 0.256 e. The Bertz CT molecular complexity index is 994. The van der Waals surface area contributed by atoms with Gasteiger partial charge in [-0.1, -0.05) is 30.3 Å². The van der Waals surface area contributed by atoms with Crippen molar-refractivity contribution < 1.29 is 9.53 Å². The molecule has 0 atom stereocenters. The number of fused-ring (bicyclic) bond motifs is 1. The summed E-state index contributed by atoms with van der Waals surface area (Å²) in [7, 11) is 0. The molecule has 26 heavy (non-hydrogen) atoms. The van der Waals surface area contributed by atoms with Crippen molar-refractivity contribution in [3.8, 4) is 16.9 Å². The molecule has 4 nitrogen and oxygen atoms in total. The fraction of sp³-hybridized carbons (Fsp3) is 0.0909. The Morgan fingerprint density at radius 2 is 1.85 bits per heavy atom. The van der Waals surface area contributed by atoms with Gasteiger partial charge in [-0.3, -0.25) is 9.78 Å². The van der Waals surface area contributed by atoms with Crippen molar-refractivity contribution in [1.82, 2.24) is 4.98 Å². The first-order chi connectivity index (χ1) is 12.8. The first-order valence-electron chi connectivity index (χ1n) is 8.56. The number of hydrogen-bond donors (Lipinski definition) is 1. The van der Waals surface area contributed by atoms with Gasteiger partial charge in [0.25, 0.3) is 5.91 Å². The van der Waals surface area contributed by atoms with Gasteiger partial charge in [-0.05, 0) is 48.4 Å². The molecule has 4 rings (SSSR count). The molecule has 1 amide bonds.